The number of anilines is 1. The number of nitrogens with zero attached hydrogens (tertiary/aromatic N) is 1. The van der Waals surface area contributed by atoms with Crippen LogP contribution in [-0.4, -0.2) is 29.2 Å². The van der Waals surface area contributed by atoms with Crippen molar-refractivity contribution in [3.8, 4) is 11.5 Å². The van der Waals surface area contributed by atoms with E-state index in [1.807, 2.05) is 78.9 Å². The van der Waals surface area contributed by atoms with Crippen molar-refractivity contribution in [3.05, 3.63) is 125 Å². The van der Waals surface area contributed by atoms with Gasteiger partial charge in [0, 0.05) is 18.7 Å². The van der Waals surface area contributed by atoms with E-state index in [1.54, 1.807) is 24.3 Å². The molecule has 2 bridgehead atoms. The van der Waals surface area contributed by atoms with Crippen molar-refractivity contribution in [2.24, 2.45) is 11.8 Å². The standard InChI is InChI=1S/C33H24Cl2N2O4/c34-32-23-10-4-5-11-24(23)33(35,26-13-7-6-12-25(26)32)29-28(32)30(39)37(31(29)40)19-18-27(38)36-20-14-16-22(17-15-20)41-21-8-2-1-3-9-21/h1-17,28-29H,18-19H2,(H,36,38)/t28-,29-,32?,33?/m1/s1. The molecule has 4 aromatic rings. The van der Waals surface area contributed by atoms with Gasteiger partial charge in [-0.15, -0.1) is 23.2 Å². The molecule has 3 amide bonds. The van der Waals surface area contributed by atoms with Gasteiger partial charge in [0.25, 0.3) is 0 Å². The molecule has 0 radical (unpaired) electrons. The molecule has 0 aromatic heterocycles. The summed E-state index contributed by atoms with van der Waals surface area (Å²) in [5.74, 6) is -1.54. The predicted octanol–water partition coefficient (Wildman–Crippen LogP) is 6.40. The summed E-state index contributed by atoms with van der Waals surface area (Å²) in [6, 6.07) is 31.4. The van der Waals surface area contributed by atoms with Crippen LogP contribution in [0.2, 0.25) is 0 Å². The average molecular weight is 583 g/mol. The summed E-state index contributed by atoms with van der Waals surface area (Å²) >= 11 is 14.9. The second kappa shape index (κ2) is 9.47. The lowest BCUT2D eigenvalue weighted by Gasteiger charge is -2.54. The van der Waals surface area contributed by atoms with Crippen molar-refractivity contribution in [2.75, 3.05) is 11.9 Å². The highest BCUT2D eigenvalue weighted by Gasteiger charge is 2.72. The van der Waals surface area contributed by atoms with Crippen molar-refractivity contribution in [2.45, 2.75) is 16.2 Å². The first kappa shape index (κ1) is 25.8. The van der Waals surface area contributed by atoms with Gasteiger partial charge in [-0.1, -0.05) is 66.7 Å². The molecule has 1 N–H and O–H groups in total. The van der Waals surface area contributed by atoms with Crippen LogP contribution in [0.25, 0.3) is 0 Å². The third-order valence-corrected chi connectivity index (χ3v) is 9.64. The lowest BCUT2D eigenvalue weighted by atomic mass is 9.54. The van der Waals surface area contributed by atoms with Crippen molar-refractivity contribution in [1.29, 1.82) is 0 Å². The molecule has 4 aliphatic rings. The van der Waals surface area contributed by atoms with Gasteiger partial charge in [0.2, 0.25) is 17.7 Å². The van der Waals surface area contributed by atoms with Crippen LogP contribution in [0.4, 0.5) is 5.69 Å². The molecular weight excluding hydrogens is 559 g/mol. The summed E-state index contributed by atoms with van der Waals surface area (Å²) in [6.45, 7) is -0.0711. The van der Waals surface area contributed by atoms with E-state index < -0.39 is 33.4 Å². The molecule has 1 saturated heterocycles. The topological polar surface area (TPSA) is 75.7 Å². The van der Waals surface area contributed by atoms with Crippen molar-refractivity contribution in [1.82, 2.24) is 4.90 Å². The Morgan fingerprint density at radius 1 is 0.683 bits per heavy atom. The fourth-order valence-electron chi connectivity index (χ4n) is 6.61. The molecule has 0 spiro atoms. The van der Waals surface area contributed by atoms with E-state index in [4.69, 9.17) is 27.9 Å². The minimum Gasteiger partial charge on any atom is -0.457 e. The number of alkyl halides is 2. The van der Waals surface area contributed by atoms with Gasteiger partial charge in [0.15, 0.2) is 0 Å². The number of imide groups is 1. The number of halogens is 2. The number of amides is 3. The second-order valence-electron chi connectivity index (χ2n) is 10.5. The molecule has 1 aliphatic heterocycles. The SMILES string of the molecule is O=C(CCN1C(=O)[C@H]2[C@H](C1=O)C1(Cl)c3ccccc3C2(Cl)c2ccccc21)Nc1ccc(Oc2ccccc2)cc1. The number of nitrogens with one attached hydrogen (secondary N) is 1. The molecule has 2 atom stereocenters. The van der Waals surface area contributed by atoms with Crippen LogP contribution in [0.5, 0.6) is 11.5 Å². The zero-order valence-electron chi connectivity index (χ0n) is 21.7. The summed E-state index contributed by atoms with van der Waals surface area (Å²) in [6.07, 6.45) is -0.0658. The van der Waals surface area contributed by atoms with Gasteiger partial charge in [0.1, 0.15) is 21.2 Å². The van der Waals surface area contributed by atoms with Crippen LogP contribution in [-0.2, 0) is 24.1 Å². The van der Waals surface area contributed by atoms with E-state index in [9.17, 15) is 14.4 Å². The maximum Gasteiger partial charge on any atom is 0.235 e. The third kappa shape index (κ3) is 3.74. The van der Waals surface area contributed by atoms with Gasteiger partial charge in [-0.25, -0.2) is 0 Å². The fraction of sp³-hybridized carbons (Fsp3) is 0.182. The average Bonchev–Trinajstić information content (AvgIpc) is 3.26. The number of likely N-dealkylation sites (tertiary alicyclic amines) is 1. The highest BCUT2D eigenvalue weighted by molar-refractivity contribution is 6.36. The largest absolute Gasteiger partial charge is 0.457 e. The Bertz CT molecular complexity index is 1580. The molecule has 6 nitrogen and oxygen atoms in total. The highest BCUT2D eigenvalue weighted by atomic mass is 35.5. The summed E-state index contributed by atoms with van der Waals surface area (Å²) in [7, 11) is 0. The van der Waals surface area contributed by atoms with Crippen LogP contribution in [0.15, 0.2) is 103 Å². The lowest BCUT2D eigenvalue weighted by molar-refractivity contribution is -0.140. The van der Waals surface area contributed by atoms with Crippen LogP contribution >= 0.6 is 23.2 Å². The smallest absolute Gasteiger partial charge is 0.235 e. The molecule has 0 saturated carbocycles. The molecular formula is C33H24Cl2N2O4. The summed E-state index contributed by atoms with van der Waals surface area (Å²) in [4.78, 5) is 39.3. The van der Waals surface area contributed by atoms with Gasteiger partial charge < -0.3 is 10.1 Å². The molecule has 3 aliphatic carbocycles. The van der Waals surface area contributed by atoms with Gasteiger partial charge >= 0.3 is 0 Å². The van der Waals surface area contributed by atoms with E-state index in [-0.39, 0.29) is 18.9 Å². The maximum atomic E-state index is 13.9. The lowest BCUT2D eigenvalue weighted by Crippen LogP contribution is -2.57. The first-order valence-electron chi connectivity index (χ1n) is 13.4. The quantitative estimate of drug-likeness (QED) is 0.211. The zero-order chi connectivity index (χ0) is 28.4. The van der Waals surface area contributed by atoms with Gasteiger partial charge in [-0.3, -0.25) is 19.3 Å². The molecule has 41 heavy (non-hydrogen) atoms. The first-order valence-corrected chi connectivity index (χ1v) is 14.1. The zero-order valence-corrected chi connectivity index (χ0v) is 23.2. The number of benzene rings is 4. The molecule has 1 fully saturated rings. The minimum atomic E-state index is -1.23. The Morgan fingerprint density at radius 3 is 1.61 bits per heavy atom. The maximum absolute atomic E-state index is 13.9. The minimum absolute atomic E-state index is 0.0658. The number of carbonyl (C=O) groups is 3. The van der Waals surface area contributed by atoms with Crippen molar-refractivity contribution >= 4 is 46.6 Å². The number of hydrogen-bond donors (Lipinski definition) is 1. The molecule has 204 valence electrons. The van der Waals surface area contributed by atoms with E-state index in [0.29, 0.717) is 17.2 Å². The summed E-state index contributed by atoms with van der Waals surface area (Å²) in [5.41, 5.74) is 3.56. The van der Waals surface area contributed by atoms with Gasteiger partial charge in [-0.05, 0) is 58.7 Å². The Kier molecular flexibility index (Phi) is 5.96. The second-order valence-corrected chi connectivity index (χ2v) is 11.7. The number of hydrogen-bond acceptors (Lipinski definition) is 4. The van der Waals surface area contributed by atoms with Crippen molar-refractivity contribution < 1.29 is 19.1 Å². The number of rotatable bonds is 6. The van der Waals surface area contributed by atoms with Crippen LogP contribution < -0.4 is 10.1 Å². The van der Waals surface area contributed by atoms with E-state index in [2.05, 4.69) is 5.32 Å². The fourth-order valence-corrected chi connectivity index (χ4v) is 7.71. The first-order chi connectivity index (χ1) is 19.8. The van der Waals surface area contributed by atoms with E-state index >= 15 is 0 Å². The van der Waals surface area contributed by atoms with E-state index in [1.165, 1.54) is 0 Å². The van der Waals surface area contributed by atoms with Gasteiger partial charge in [-0.2, -0.15) is 0 Å². The van der Waals surface area contributed by atoms with E-state index in [0.717, 1.165) is 27.2 Å². The number of para-hydroxylation sites is 1. The van der Waals surface area contributed by atoms with Gasteiger partial charge in [0.05, 0.1) is 11.8 Å². The van der Waals surface area contributed by atoms with Crippen LogP contribution in [0, 0.1) is 11.8 Å². The van der Waals surface area contributed by atoms with Crippen LogP contribution in [0.1, 0.15) is 28.7 Å². The highest BCUT2D eigenvalue weighted by Crippen LogP contribution is 2.69. The Labute approximate surface area is 246 Å². The number of carbonyl (C=O) groups excluding carboxylic acids is 3. The predicted molar refractivity (Wildman–Crippen MR) is 156 cm³/mol. The summed E-state index contributed by atoms with van der Waals surface area (Å²) in [5, 5.41) is 2.83. The van der Waals surface area contributed by atoms with Crippen LogP contribution in [0.3, 0.4) is 0 Å². The normalized spacial score (nSPS) is 25.4. The molecule has 1 heterocycles. The molecule has 8 heteroatoms. The molecule has 0 unspecified atom stereocenters. The van der Waals surface area contributed by atoms with Crippen molar-refractivity contribution in [3.63, 3.8) is 0 Å². The molecule has 4 aromatic carbocycles. The third-order valence-electron chi connectivity index (χ3n) is 8.36. The summed E-state index contributed by atoms with van der Waals surface area (Å²) < 4.78 is 5.79. The number of ether oxygens (including phenoxy) is 1. The monoisotopic (exact) mass is 582 g/mol. The molecule has 8 rings (SSSR count). The Morgan fingerprint density at radius 2 is 1.12 bits per heavy atom. The Hall–Kier alpha value is -4.13. The Balaban J connectivity index is 1.10.